The van der Waals surface area contributed by atoms with Crippen LogP contribution in [0.1, 0.15) is 13.3 Å². The summed E-state index contributed by atoms with van der Waals surface area (Å²) in [6.07, 6.45) is -0.334. The van der Waals surface area contributed by atoms with Gasteiger partial charge in [-0.15, -0.1) is 11.6 Å². The Morgan fingerprint density at radius 3 is 2.27 bits per heavy atom. The average molecular weight is 219 g/mol. The third kappa shape index (κ3) is 3.94. The highest BCUT2D eigenvalue weighted by Gasteiger charge is 2.22. The van der Waals surface area contributed by atoms with E-state index >= 15 is 0 Å². The van der Waals surface area contributed by atoms with Gasteiger partial charge < -0.3 is 0 Å². The van der Waals surface area contributed by atoms with E-state index in [1.807, 2.05) is 0 Å². The quantitative estimate of drug-likeness (QED) is 0.526. The fourth-order valence-corrected chi connectivity index (χ4v) is 2.04. The lowest BCUT2D eigenvalue weighted by Gasteiger charge is -2.04. The Hall–Kier alpha value is 0.200. The van der Waals surface area contributed by atoms with Gasteiger partial charge in [-0.1, -0.05) is 6.92 Å². The molecule has 0 fully saturated rings. The van der Waals surface area contributed by atoms with Crippen LogP contribution in [0.25, 0.3) is 0 Å². The molecule has 0 rings (SSSR count). The molecular weight excluding hydrogens is 211 g/mol. The summed E-state index contributed by atoms with van der Waals surface area (Å²) in [4.78, 5) is 10.2. The van der Waals surface area contributed by atoms with Crippen molar-refractivity contribution >= 4 is 38.3 Å². The van der Waals surface area contributed by atoms with Crippen LogP contribution in [0.4, 0.5) is 0 Å². The largest absolute Gasteiger partial charge is 0.281 e. The summed E-state index contributed by atoms with van der Waals surface area (Å²) in [5, 5.41) is -0.734. The highest BCUT2D eigenvalue weighted by Crippen LogP contribution is 2.13. The molecule has 0 N–H and O–H groups in total. The molecule has 0 aromatic rings. The standard InChI is InChI=1S/C5H8Cl2O3S/c1-2-11(9,10)5(7)3-4(6)8/h5H,2-3H2,1H3. The molecule has 0 saturated carbocycles. The molecule has 0 saturated heterocycles. The molecule has 1 unspecified atom stereocenters. The zero-order chi connectivity index (χ0) is 9.07. The van der Waals surface area contributed by atoms with Gasteiger partial charge >= 0.3 is 0 Å². The van der Waals surface area contributed by atoms with Crippen molar-refractivity contribution in [3.8, 4) is 0 Å². The first kappa shape index (κ1) is 11.2. The SMILES string of the molecule is CCS(=O)(=O)C(Cl)CC(=O)Cl. The molecule has 0 aliphatic carbocycles. The van der Waals surface area contributed by atoms with Gasteiger partial charge in [0.1, 0.15) is 4.71 Å². The third-order valence-electron chi connectivity index (χ3n) is 1.11. The van der Waals surface area contributed by atoms with E-state index in [0.717, 1.165) is 0 Å². The maximum absolute atomic E-state index is 10.9. The van der Waals surface area contributed by atoms with Gasteiger partial charge in [0, 0.05) is 5.75 Å². The molecule has 0 aromatic heterocycles. The van der Waals surface area contributed by atoms with Crippen LogP contribution in [0.2, 0.25) is 0 Å². The molecule has 0 aliphatic heterocycles. The van der Waals surface area contributed by atoms with Gasteiger partial charge in [0.25, 0.3) is 0 Å². The molecule has 3 nitrogen and oxygen atoms in total. The Morgan fingerprint density at radius 1 is 1.55 bits per heavy atom. The summed E-state index contributed by atoms with van der Waals surface area (Å²) in [5.41, 5.74) is 0. The van der Waals surface area contributed by atoms with Crippen molar-refractivity contribution in [3.05, 3.63) is 0 Å². The van der Waals surface area contributed by atoms with E-state index in [0.29, 0.717) is 0 Å². The highest BCUT2D eigenvalue weighted by molar-refractivity contribution is 7.93. The minimum atomic E-state index is -3.33. The topological polar surface area (TPSA) is 51.2 Å². The number of hydrogen-bond acceptors (Lipinski definition) is 3. The lowest BCUT2D eigenvalue weighted by molar-refractivity contribution is -0.111. The fourth-order valence-electron chi connectivity index (χ4n) is 0.434. The van der Waals surface area contributed by atoms with Crippen LogP contribution in [0, 0.1) is 0 Å². The number of sulfone groups is 1. The van der Waals surface area contributed by atoms with Crippen molar-refractivity contribution in [1.29, 1.82) is 0 Å². The van der Waals surface area contributed by atoms with Gasteiger partial charge in [-0.05, 0) is 11.6 Å². The van der Waals surface area contributed by atoms with Crippen LogP contribution >= 0.6 is 23.2 Å². The van der Waals surface area contributed by atoms with Gasteiger partial charge in [-0.25, -0.2) is 8.42 Å². The van der Waals surface area contributed by atoms with Crippen LogP contribution in [0.5, 0.6) is 0 Å². The van der Waals surface area contributed by atoms with Crippen molar-refractivity contribution < 1.29 is 13.2 Å². The van der Waals surface area contributed by atoms with Crippen molar-refractivity contribution in [2.24, 2.45) is 0 Å². The molecule has 11 heavy (non-hydrogen) atoms. The molecule has 0 aliphatic rings. The molecule has 0 bridgehead atoms. The van der Waals surface area contributed by atoms with Crippen molar-refractivity contribution in [2.75, 3.05) is 5.75 Å². The van der Waals surface area contributed by atoms with E-state index in [1.165, 1.54) is 6.92 Å². The van der Waals surface area contributed by atoms with Crippen LogP contribution in [0.3, 0.4) is 0 Å². The van der Waals surface area contributed by atoms with Crippen LogP contribution in [-0.2, 0) is 14.6 Å². The number of halogens is 2. The number of hydrogen-bond donors (Lipinski definition) is 0. The van der Waals surface area contributed by atoms with Gasteiger partial charge in [0.15, 0.2) is 9.84 Å². The van der Waals surface area contributed by atoms with E-state index in [1.54, 1.807) is 0 Å². The first-order chi connectivity index (χ1) is 4.90. The molecule has 0 heterocycles. The van der Waals surface area contributed by atoms with Gasteiger partial charge in [-0.3, -0.25) is 4.79 Å². The van der Waals surface area contributed by atoms with E-state index < -0.39 is 19.8 Å². The Bertz CT molecular complexity index is 234. The minimum Gasteiger partial charge on any atom is -0.281 e. The van der Waals surface area contributed by atoms with Crippen LogP contribution < -0.4 is 0 Å². The molecule has 0 aromatic carbocycles. The molecule has 0 spiro atoms. The molecule has 0 amide bonds. The van der Waals surface area contributed by atoms with Crippen LogP contribution in [-0.4, -0.2) is 24.1 Å². The van der Waals surface area contributed by atoms with Crippen molar-refractivity contribution in [1.82, 2.24) is 0 Å². The van der Waals surface area contributed by atoms with E-state index in [9.17, 15) is 13.2 Å². The summed E-state index contributed by atoms with van der Waals surface area (Å²) in [6, 6.07) is 0. The average Bonchev–Trinajstić information content (AvgIpc) is 1.86. The third-order valence-corrected chi connectivity index (χ3v) is 3.99. The Morgan fingerprint density at radius 2 is 2.00 bits per heavy atom. The summed E-state index contributed by atoms with van der Waals surface area (Å²) in [6.45, 7) is 1.46. The van der Waals surface area contributed by atoms with Crippen molar-refractivity contribution in [3.63, 3.8) is 0 Å². The molecule has 66 valence electrons. The number of rotatable bonds is 4. The first-order valence-electron chi connectivity index (χ1n) is 2.94. The van der Waals surface area contributed by atoms with Gasteiger partial charge in [-0.2, -0.15) is 0 Å². The maximum atomic E-state index is 10.9. The number of carbonyl (C=O) groups is 1. The van der Waals surface area contributed by atoms with E-state index in [4.69, 9.17) is 23.2 Å². The first-order valence-corrected chi connectivity index (χ1v) is 5.47. The second kappa shape index (κ2) is 4.28. The fraction of sp³-hybridized carbons (Fsp3) is 0.800. The molecular formula is C5H8Cl2O3S. The lowest BCUT2D eigenvalue weighted by atomic mass is 10.5. The molecule has 0 radical (unpaired) electrons. The number of alkyl halides is 1. The Kier molecular flexibility index (Phi) is 4.36. The Balaban J connectivity index is 4.26. The summed E-state index contributed by atoms with van der Waals surface area (Å²) >= 11 is 10.3. The second-order valence-electron chi connectivity index (χ2n) is 1.92. The van der Waals surface area contributed by atoms with Gasteiger partial charge in [0.2, 0.25) is 5.24 Å². The normalized spacial score (nSPS) is 14.5. The second-order valence-corrected chi connectivity index (χ2v) is 5.60. The smallest absolute Gasteiger partial charge is 0.224 e. The monoisotopic (exact) mass is 218 g/mol. The van der Waals surface area contributed by atoms with Crippen LogP contribution in [0.15, 0.2) is 0 Å². The van der Waals surface area contributed by atoms with E-state index in [2.05, 4.69) is 0 Å². The summed E-state index contributed by atoms with van der Waals surface area (Å²) in [5.74, 6) is -0.0780. The molecule has 6 heteroatoms. The summed E-state index contributed by atoms with van der Waals surface area (Å²) in [7, 11) is -3.33. The Labute approximate surface area is 75.6 Å². The maximum Gasteiger partial charge on any atom is 0.224 e. The lowest BCUT2D eigenvalue weighted by Crippen LogP contribution is -2.19. The zero-order valence-corrected chi connectivity index (χ0v) is 8.21. The molecule has 1 atom stereocenters. The number of carbonyl (C=O) groups excluding carboxylic acids is 1. The highest BCUT2D eigenvalue weighted by atomic mass is 35.5. The minimum absolute atomic E-state index is 0.0780. The van der Waals surface area contributed by atoms with Crippen molar-refractivity contribution in [2.45, 2.75) is 18.1 Å². The predicted octanol–water partition coefficient (Wildman–Crippen LogP) is 1.14. The predicted molar refractivity (Wildman–Crippen MR) is 44.6 cm³/mol. The van der Waals surface area contributed by atoms with Gasteiger partial charge in [0.05, 0.1) is 6.42 Å². The zero-order valence-electron chi connectivity index (χ0n) is 5.88. The van der Waals surface area contributed by atoms with E-state index in [-0.39, 0.29) is 12.2 Å². The summed E-state index contributed by atoms with van der Waals surface area (Å²) < 4.78 is 20.6.